The minimum Gasteiger partial charge on any atom is -0.356 e. The molecule has 0 radical (unpaired) electrons. The maximum Gasteiger partial charge on any atom is 0.336 e. The quantitative estimate of drug-likeness (QED) is 0.213. The van der Waals surface area contributed by atoms with Crippen LogP contribution in [0.2, 0.25) is 0 Å². The highest BCUT2D eigenvalue weighted by molar-refractivity contribution is 4.90. The molecule has 0 fully saturated rings. The average Bonchev–Trinajstić information content (AvgIpc) is 1.64. The molecule has 5 nitrogen and oxygen atoms in total. The number of hydrogen-bond donors (Lipinski definition) is 5. The van der Waals surface area contributed by atoms with Crippen LogP contribution < -0.4 is 0 Å². The maximum absolute atomic E-state index is 8.35. The summed E-state index contributed by atoms with van der Waals surface area (Å²) in [5.41, 5.74) is 0. The standard InChI is InChI=1S/C4H8O5/c1-2-3(5,6)4(7,8)9/h2,5-9H,1H2. The van der Waals surface area contributed by atoms with Gasteiger partial charge in [0.15, 0.2) is 0 Å². The van der Waals surface area contributed by atoms with Gasteiger partial charge in [-0.25, -0.2) is 0 Å². The van der Waals surface area contributed by atoms with E-state index in [0.29, 0.717) is 6.08 Å². The van der Waals surface area contributed by atoms with Crippen molar-refractivity contribution in [3.8, 4) is 0 Å². The molecule has 0 unspecified atom stereocenters. The van der Waals surface area contributed by atoms with Gasteiger partial charge in [-0.1, -0.05) is 6.58 Å². The molecule has 0 aliphatic heterocycles. The molecule has 5 N–H and O–H groups in total. The topological polar surface area (TPSA) is 101 Å². The van der Waals surface area contributed by atoms with Crippen LogP contribution in [0, 0.1) is 0 Å². The van der Waals surface area contributed by atoms with E-state index in [-0.39, 0.29) is 0 Å². The second kappa shape index (κ2) is 2.05. The predicted octanol–water partition coefficient (Wildman–Crippen LogP) is -2.52. The molecular weight excluding hydrogens is 128 g/mol. The molecule has 0 spiro atoms. The first-order chi connectivity index (χ1) is 3.81. The van der Waals surface area contributed by atoms with Gasteiger partial charge in [0.05, 0.1) is 0 Å². The van der Waals surface area contributed by atoms with Gasteiger partial charge in [0, 0.05) is 0 Å². The third-order valence-corrected chi connectivity index (χ3v) is 0.778. The van der Waals surface area contributed by atoms with Crippen molar-refractivity contribution in [2.45, 2.75) is 11.8 Å². The van der Waals surface area contributed by atoms with E-state index in [2.05, 4.69) is 6.58 Å². The van der Waals surface area contributed by atoms with E-state index in [4.69, 9.17) is 25.5 Å². The van der Waals surface area contributed by atoms with Crippen LogP contribution >= 0.6 is 0 Å². The zero-order chi connectivity index (χ0) is 7.71. The molecule has 54 valence electrons. The second-order valence-electron chi connectivity index (χ2n) is 1.57. The summed E-state index contributed by atoms with van der Waals surface area (Å²) in [5, 5.41) is 41.0. The largest absolute Gasteiger partial charge is 0.356 e. The molecule has 0 aromatic heterocycles. The molecule has 0 aromatic rings. The Morgan fingerprint density at radius 1 is 1.00 bits per heavy atom. The molecule has 0 heterocycles. The minimum absolute atomic E-state index is 0.382. The first-order valence-electron chi connectivity index (χ1n) is 2.06. The predicted molar refractivity (Wildman–Crippen MR) is 26.8 cm³/mol. The van der Waals surface area contributed by atoms with Crippen molar-refractivity contribution in [3.63, 3.8) is 0 Å². The fraction of sp³-hybridized carbons (Fsp3) is 0.500. The van der Waals surface area contributed by atoms with Crippen LogP contribution in [-0.4, -0.2) is 37.3 Å². The lowest BCUT2D eigenvalue weighted by Gasteiger charge is -2.26. The number of rotatable bonds is 2. The van der Waals surface area contributed by atoms with Crippen molar-refractivity contribution in [1.82, 2.24) is 0 Å². The molecule has 0 atom stereocenters. The lowest BCUT2D eigenvalue weighted by Crippen LogP contribution is -2.52. The van der Waals surface area contributed by atoms with E-state index in [0.717, 1.165) is 0 Å². The SMILES string of the molecule is C=CC(O)(O)C(O)(O)O. The van der Waals surface area contributed by atoms with Gasteiger partial charge in [-0.15, -0.1) is 0 Å². The van der Waals surface area contributed by atoms with Crippen LogP contribution in [0.15, 0.2) is 12.7 Å². The molecule has 9 heavy (non-hydrogen) atoms. The Kier molecular flexibility index (Phi) is 1.95. The summed E-state index contributed by atoms with van der Waals surface area (Å²) < 4.78 is 0. The fourth-order valence-electron chi connectivity index (χ4n) is 0.137. The molecule has 0 saturated heterocycles. The summed E-state index contributed by atoms with van der Waals surface area (Å²) in [4.78, 5) is 0. The maximum atomic E-state index is 8.35. The van der Waals surface area contributed by atoms with E-state index >= 15 is 0 Å². The van der Waals surface area contributed by atoms with Gasteiger partial charge in [0.1, 0.15) is 0 Å². The zero-order valence-corrected chi connectivity index (χ0v) is 4.52. The van der Waals surface area contributed by atoms with Crippen molar-refractivity contribution < 1.29 is 25.5 Å². The average molecular weight is 136 g/mol. The van der Waals surface area contributed by atoms with Gasteiger partial charge < -0.3 is 25.5 Å². The summed E-state index contributed by atoms with van der Waals surface area (Å²) in [6.07, 6.45) is 0.382. The van der Waals surface area contributed by atoms with Gasteiger partial charge in [0.2, 0.25) is 0 Å². The van der Waals surface area contributed by atoms with Crippen molar-refractivity contribution in [2.24, 2.45) is 0 Å². The van der Waals surface area contributed by atoms with E-state index in [1.54, 1.807) is 0 Å². The van der Waals surface area contributed by atoms with Crippen molar-refractivity contribution in [2.75, 3.05) is 0 Å². The molecule has 0 aromatic carbocycles. The smallest absolute Gasteiger partial charge is 0.336 e. The number of hydrogen-bond acceptors (Lipinski definition) is 5. The van der Waals surface area contributed by atoms with Gasteiger partial charge in [0.25, 0.3) is 5.79 Å². The lowest BCUT2D eigenvalue weighted by atomic mass is 10.2. The van der Waals surface area contributed by atoms with Crippen molar-refractivity contribution in [3.05, 3.63) is 12.7 Å². The monoisotopic (exact) mass is 136 g/mol. The van der Waals surface area contributed by atoms with E-state index < -0.39 is 11.8 Å². The number of aliphatic hydroxyl groups is 5. The Morgan fingerprint density at radius 2 is 1.33 bits per heavy atom. The first-order valence-corrected chi connectivity index (χ1v) is 2.06. The molecule has 0 bridgehead atoms. The van der Waals surface area contributed by atoms with Crippen LogP contribution in [0.3, 0.4) is 0 Å². The molecule has 0 aliphatic rings. The highest BCUT2D eigenvalue weighted by Crippen LogP contribution is 2.13. The van der Waals surface area contributed by atoms with Crippen LogP contribution in [-0.2, 0) is 0 Å². The molecule has 0 aliphatic carbocycles. The van der Waals surface area contributed by atoms with Gasteiger partial charge in [-0.3, -0.25) is 0 Å². The Balaban J connectivity index is 4.32. The molecule has 0 amide bonds. The Morgan fingerprint density at radius 3 is 1.33 bits per heavy atom. The van der Waals surface area contributed by atoms with E-state index in [1.165, 1.54) is 0 Å². The summed E-state index contributed by atoms with van der Waals surface area (Å²) >= 11 is 0. The van der Waals surface area contributed by atoms with E-state index in [1.807, 2.05) is 0 Å². The third-order valence-electron chi connectivity index (χ3n) is 0.778. The summed E-state index contributed by atoms with van der Waals surface area (Å²) in [6.45, 7) is 2.82. The van der Waals surface area contributed by atoms with Crippen LogP contribution in [0.5, 0.6) is 0 Å². The van der Waals surface area contributed by atoms with Gasteiger partial charge in [-0.2, -0.15) is 0 Å². The normalized spacial score (nSPS) is 13.4. The molecule has 0 saturated carbocycles. The fourth-order valence-corrected chi connectivity index (χ4v) is 0.137. The molecular formula is C4H8O5. The second-order valence-corrected chi connectivity index (χ2v) is 1.57. The van der Waals surface area contributed by atoms with Crippen LogP contribution in [0.1, 0.15) is 0 Å². The van der Waals surface area contributed by atoms with Crippen LogP contribution in [0.25, 0.3) is 0 Å². The Bertz CT molecular complexity index is 111. The Hall–Kier alpha value is -0.460. The van der Waals surface area contributed by atoms with E-state index in [9.17, 15) is 0 Å². The highest BCUT2D eigenvalue weighted by Gasteiger charge is 2.43. The highest BCUT2D eigenvalue weighted by atomic mass is 16.7. The van der Waals surface area contributed by atoms with Crippen LogP contribution in [0.4, 0.5) is 0 Å². The minimum atomic E-state index is -3.56. The molecule has 0 rings (SSSR count). The molecule has 5 heteroatoms. The van der Waals surface area contributed by atoms with Crippen molar-refractivity contribution >= 4 is 0 Å². The van der Waals surface area contributed by atoms with Crippen molar-refractivity contribution in [1.29, 1.82) is 0 Å². The zero-order valence-electron chi connectivity index (χ0n) is 4.52. The Labute approximate surface area is 51.1 Å². The lowest BCUT2D eigenvalue weighted by molar-refractivity contribution is -0.429. The first kappa shape index (κ1) is 8.54. The summed E-state index contributed by atoms with van der Waals surface area (Å²) in [7, 11) is 0. The summed E-state index contributed by atoms with van der Waals surface area (Å²) in [6, 6.07) is 0. The van der Waals surface area contributed by atoms with Gasteiger partial charge >= 0.3 is 5.97 Å². The summed E-state index contributed by atoms with van der Waals surface area (Å²) in [5.74, 6) is -6.65. The van der Waals surface area contributed by atoms with Gasteiger partial charge in [-0.05, 0) is 6.08 Å². The third kappa shape index (κ3) is 1.74.